The highest BCUT2D eigenvalue weighted by molar-refractivity contribution is 5.34. The summed E-state index contributed by atoms with van der Waals surface area (Å²) in [5, 5.41) is 0. The molecule has 0 radical (unpaired) electrons. The highest BCUT2D eigenvalue weighted by Gasteiger charge is 2.18. The first kappa shape index (κ1) is 13.2. The third-order valence-electron chi connectivity index (χ3n) is 3.03. The Morgan fingerprint density at radius 1 is 1.50 bits per heavy atom. The van der Waals surface area contributed by atoms with Crippen molar-refractivity contribution in [3.63, 3.8) is 0 Å². The molecule has 1 fully saturated rings. The summed E-state index contributed by atoms with van der Waals surface area (Å²) in [6.45, 7) is 5.22. The van der Waals surface area contributed by atoms with Gasteiger partial charge in [0.15, 0.2) is 0 Å². The summed E-state index contributed by atoms with van der Waals surface area (Å²) in [7, 11) is 0. The fraction of sp³-hybridized carbons (Fsp3) is 0.692. The van der Waals surface area contributed by atoms with Gasteiger partial charge < -0.3 is 10.2 Å². The van der Waals surface area contributed by atoms with E-state index in [2.05, 4.69) is 29.2 Å². The lowest BCUT2D eigenvalue weighted by molar-refractivity contribution is 0.110. The summed E-state index contributed by atoms with van der Waals surface area (Å²) < 4.78 is 5.62. The topological polar surface area (TPSA) is 73.1 Å². The van der Waals surface area contributed by atoms with Gasteiger partial charge in [-0.15, -0.1) is 0 Å². The molecule has 0 bridgehead atoms. The molecule has 18 heavy (non-hydrogen) atoms. The van der Waals surface area contributed by atoms with Gasteiger partial charge in [-0.2, -0.15) is 0 Å². The number of rotatable bonds is 5. The molecule has 100 valence electrons. The predicted molar refractivity (Wildman–Crippen MR) is 71.1 cm³/mol. The molecular weight excluding hydrogens is 228 g/mol. The van der Waals surface area contributed by atoms with Gasteiger partial charge in [-0.1, -0.05) is 13.8 Å². The van der Waals surface area contributed by atoms with Gasteiger partial charge in [0.05, 0.1) is 6.10 Å². The molecule has 0 amide bonds. The first-order valence-electron chi connectivity index (χ1n) is 6.62. The summed E-state index contributed by atoms with van der Waals surface area (Å²) in [6.07, 6.45) is 4.22. The Balaban J connectivity index is 2.11. The lowest BCUT2D eigenvalue weighted by atomic mass is 10.1. The molecule has 1 aliphatic rings. The van der Waals surface area contributed by atoms with Gasteiger partial charge in [0, 0.05) is 24.8 Å². The summed E-state index contributed by atoms with van der Waals surface area (Å²) in [6, 6.07) is 1.92. The van der Waals surface area contributed by atoms with E-state index in [0.29, 0.717) is 11.7 Å². The molecule has 1 aromatic heterocycles. The van der Waals surface area contributed by atoms with Gasteiger partial charge in [0.25, 0.3) is 0 Å². The predicted octanol–water partition coefficient (Wildman–Crippen LogP) is 1.68. The number of anilines is 1. The first-order valence-corrected chi connectivity index (χ1v) is 6.62. The lowest BCUT2D eigenvalue weighted by Gasteiger charge is -2.12. The zero-order valence-electron chi connectivity index (χ0n) is 11.1. The average Bonchev–Trinajstić information content (AvgIpc) is 2.80. The van der Waals surface area contributed by atoms with Crippen molar-refractivity contribution in [2.75, 3.05) is 12.0 Å². The van der Waals surface area contributed by atoms with E-state index in [4.69, 9.17) is 10.6 Å². The van der Waals surface area contributed by atoms with Crippen molar-refractivity contribution < 1.29 is 4.74 Å². The summed E-state index contributed by atoms with van der Waals surface area (Å²) in [4.78, 5) is 8.99. The minimum absolute atomic E-state index is 0.268. The minimum Gasteiger partial charge on any atom is -0.378 e. The van der Waals surface area contributed by atoms with Gasteiger partial charge in [-0.3, -0.25) is 0 Å². The summed E-state index contributed by atoms with van der Waals surface area (Å²) in [5.41, 5.74) is 3.66. The van der Waals surface area contributed by atoms with Crippen LogP contribution in [-0.2, 0) is 17.6 Å². The Hall–Kier alpha value is -1.20. The molecule has 1 aromatic rings. The highest BCUT2D eigenvalue weighted by Crippen LogP contribution is 2.17. The molecule has 0 aliphatic carbocycles. The number of ether oxygens (including phenoxy) is 1. The molecule has 0 saturated carbocycles. The molecule has 3 N–H and O–H groups in total. The number of nitrogens with zero attached hydrogens (tertiary/aromatic N) is 2. The van der Waals surface area contributed by atoms with E-state index >= 15 is 0 Å². The molecule has 1 atom stereocenters. The van der Waals surface area contributed by atoms with Crippen LogP contribution in [0.25, 0.3) is 0 Å². The second-order valence-corrected chi connectivity index (χ2v) is 5.24. The third-order valence-corrected chi connectivity index (χ3v) is 3.03. The molecule has 2 rings (SSSR count). The molecule has 0 aromatic carbocycles. The Bertz CT molecular complexity index is 389. The first-order chi connectivity index (χ1) is 8.67. The molecule has 0 spiro atoms. The zero-order valence-corrected chi connectivity index (χ0v) is 11.1. The molecule has 5 heteroatoms. The van der Waals surface area contributed by atoms with Crippen LogP contribution >= 0.6 is 0 Å². The van der Waals surface area contributed by atoms with Gasteiger partial charge in [-0.25, -0.2) is 15.8 Å². The minimum atomic E-state index is 0.268. The number of nitrogen functional groups attached to an aromatic ring is 1. The number of nitrogens with two attached hydrogens (primary N) is 1. The normalized spacial score (nSPS) is 19.4. The molecule has 1 aliphatic heterocycles. The smallest absolute Gasteiger partial charge is 0.143 e. The van der Waals surface area contributed by atoms with Crippen LogP contribution in [0.15, 0.2) is 6.07 Å². The van der Waals surface area contributed by atoms with Crippen LogP contribution in [0, 0.1) is 5.92 Å². The average molecular weight is 250 g/mol. The van der Waals surface area contributed by atoms with E-state index < -0.39 is 0 Å². The van der Waals surface area contributed by atoms with Crippen LogP contribution in [0.3, 0.4) is 0 Å². The van der Waals surface area contributed by atoms with E-state index in [1.807, 2.05) is 6.07 Å². The maximum absolute atomic E-state index is 5.62. The second kappa shape index (κ2) is 6.11. The summed E-state index contributed by atoms with van der Waals surface area (Å²) >= 11 is 0. The Kier molecular flexibility index (Phi) is 4.49. The van der Waals surface area contributed by atoms with E-state index in [9.17, 15) is 0 Å². The van der Waals surface area contributed by atoms with Gasteiger partial charge in [0.1, 0.15) is 11.6 Å². The van der Waals surface area contributed by atoms with Crippen LogP contribution in [0.1, 0.15) is 38.2 Å². The third kappa shape index (κ3) is 3.65. The Morgan fingerprint density at radius 2 is 2.33 bits per heavy atom. The SMILES string of the molecule is CC(C)Cc1cc(NN)nc(CC2CCCO2)n1. The van der Waals surface area contributed by atoms with E-state index in [0.717, 1.165) is 43.8 Å². The monoisotopic (exact) mass is 250 g/mol. The van der Waals surface area contributed by atoms with Crippen molar-refractivity contribution in [1.29, 1.82) is 0 Å². The zero-order chi connectivity index (χ0) is 13.0. The largest absolute Gasteiger partial charge is 0.378 e. The lowest BCUT2D eigenvalue weighted by Crippen LogP contribution is -2.16. The van der Waals surface area contributed by atoms with Gasteiger partial charge in [0.2, 0.25) is 0 Å². The fourth-order valence-electron chi connectivity index (χ4n) is 2.25. The second-order valence-electron chi connectivity index (χ2n) is 5.24. The maximum atomic E-state index is 5.62. The molecule has 2 heterocycles. The molecule has 1 saturated heterocycles. The molecular formula is C13H22N4O. The van der Waals surface area contributed by atoms with Crippen LogP contribution in [0.2, 0.25) is 0 Å². The maximum Gasteiger partial charge on any atom is 0.143 e. The number of hydrogen-bond acceptors (Lipinski definition) is 5. The Morgan fingerprint density at radius 3 is 2.94 bits per heavy atom. The Labute approximate surface area is 108 Å². The number of hydrogen-bond donors (Lipinski definition) is 2. The van der Waals surface area contributed by atoms with E-state index in [-0.39, 0.29) is 6.10 Å². The van der Waals surface area contributed by atoms with Crippen molar-refractivity contribution in [3.8, 4) is 0 Å². The van der Waals surface area contributed by atoms with Crippen molar-refractivity contribution in [1.82, 2.24) is 9.97 Å². The summed E-state index contributed by atoms with van der Waals surface area (Å²) in [5.74, 6) is 7.54. The van der Waals surface area contributed by atoms with Crippen molar-refractivity contribution in [2.24, 2.45) is 11.8 Å². The van der Waals surface area contributed by atoms with Crippen molar-refractivity contribution >= 4 is 5.82 Å². The van der Waals surface area contributed by atoms with Gasteiger partial charge in [-0.05, 0) is 25.2 Å². The van der Waals surface area contributed by atoms with Crippen LogP contribution < -0.4 is 11.3 Å². The van der Waals surface area contributed by atoms with E-state index in [1.54, 1.807) is 0 Å². The van der Waals surface area contributed by atoms with Gasteiger partial charge >= 0.3 is 0 Å². The van der Waals surface area contributed by atoms with E-state index in [1.165, 1.54) is 0 Å². The van der Waals surface area contributed by atoms with Crippen LogP contribution in [0.5, 0.6) is 0 Å². The van der Waals surface area contributed by atoms with Crippen molar-refractivity contribution in [2.45, 2.75) is 45.6 Å². The standard InChI is InChI=1S/C13H22N4O/c1-9(2)6-10-7-13(17-14)16-12(15-10)8-11-4-3-5-18-11/h7,9,11H,3-6,8,14H2,1-2H3,(H,15,16,17). The fourth-order valence-corrected chi connectivity index (χ4v) is 2.25. The quantitative estimate of drug-likeness (QED) is 0.614. The van der Waals surface area contributed by atoms with Crippen LogP contribution in [0.4, 0.5) is 5.82 Å². The molecule has 5 nitrogen and oxygen atoms in total. The number of hydrazine groups is 1. The highest BCUT2D eigenvalue weighted by atomic mass is 16.5. The number of aromatic nitrogens is 2. The molecule has 1 unspecified atom stereocenters. The van der Waals surface area contributed by atoms with Crippen molar-refractivity contribution in [3.05, 3.63) is 17.6 Å². The number of nitrogens with one attached hydrogen (secondary N) is 1. The van der Waals surface area contributed by atoms with Crippen LogP contribution in [-0.4, -0.2) is 22.7 Å².